The molecule has 0 bridgehead atoms. The highest BCUT2D eigenvalue weighted by molar-refractivity contribution is 5.13. The number of likely N-dealkylation sites (tertiary alicyclic amines) is 1. The van der Waals surface area contributed by atoms with Gasteiger partial charge in [0.1, 0.15) is 5.82 Å². The first-order valence-corrected chi connectivity index (χ1v) is 8.41. The van der Waals surface area contributed by atoms with Crippen LogP contribution in [0, 0.1) is 12.8 Å². The third-order valence-electron chi connectivity index (χ3n) is 4.41. The monoisotopic (exact) mass is 311 g/mol. The van der Waals surface area contributed by atoms with Crippen molar-refractivity contribution in [3.8, 4) is 0 Å². The Bertz CT molecular complexity index is 577. The number of aromatic nitrogens is 2. The fourth-order valence-electron chi connectivity index (χ4n) is 2.99. The van der Waals surface area contributed by atoms with Crippen LogP contribution in [0.1, 0.15) is 29.8 Å². The van der Waals surface area contributed by atoms with Crippen LogP contribution in [0.3, 0.4) is 0 Å². The number of ether oxygens (including phenoxy) is 1. The summed E-state index contributed by atoms with van der Waals surface area (Å²) in [5.41, 5.74) is 2.46. The van der Waals surface area contributed by atoms with Gasteiger partial charge in [-0.2, -0.15) is 0 Å². The van der Waals surface area contributed by atoms with Crippen molar-refractivity contribution in [2.75, 3.05) is 19.7 Å². The van der Waals surface area contributed by atoms with Gasteiger partial charge >= 0.3 is 0 Å². The van der Waals surface area contributed by atoms with Gasteiger partial charge in [-0.15, -0.1) is 0 Å². The molecule has 0 aliphatic carbocycles. The summed E-state index contributed by atoms with van der Waals surface area (Å²) in [5, 5.41) is 0. The van der Waals surface area contributed by atoms with E-state index in [1.54, 1.807) is 0 Å². The van der Waals surface area contributed by atoms with Gasteiger partial charge in [-0.05, 0) is 44.3 Å². The smallest absolute Gasteiger partial charge is 0.125 e. The van der Waals surface area contributed by atoms with Gasteiger partial charge in [-0.1, -0.05) is 30.3 Å². The maximum atomic E-state index is 5.89. The average molecular weight is 311 g/mol. The molecule has 1 fully saturated rings. The zero-order valence-electron chi connectivity index (χ0n) is 13.8. The Hall–Kier alpha value is -1.78. The number of hydrogen-bond donors (Lipinski definition) is 0. The molecule has 2 heterocycles. The van der Waals surface area contributed by atoms with Gasteiger partial charge in [0.05, 0.1) is 6.61 Å². The molecule has 1 saturated heterocycles. The average Bonchev–Trinajstić information content (AvgIpc) is 2.59. The van der Waals surface area contributed by atoms with E-state index in [1.807, 2.05) is 25.4 Å². The zero-order chi connectivity index (χ0) is 15.9. The van der Waals surface area contributed by atoms with Crippen LogP contribution in [0.4, 0.5) is 0 Å². The molecule has 0 saturated carbocycles. The minimum atomic E-state index is 0.684. The van der Waals surface area contributed by atoms with Gasteiger partial charge in [0.15, 0.2) is 0 Å². The molecule has 1 aromatic carbocycles. The van der Waals surface area contributed by atoms with E-state index in [9.17, 15) is 0 Å². The predicted molar refractivity (Wildman–Crippen MR) is 90.9 cm³/mol. The van der Waals surface area contributed by atoms with Crippen molar-refractivity contribution in [2.45, 2.75) is 32.9 Å². The highest BCUT2D eigenvalue weighted by atomic mass is 16.5. The van der Waals surface area contributed by atoms with Crippen LogP contribution in [0.2, 0.25) is 0 Å². The molecule has 4 nitrogen and oxygen atoms in total. The van der Waals surface area contributed by atoms with Crippen molar-refractivity contribution in [1.29, 1.82) is 0 Å². The molecule has 0 atom stereocenters. The van der Waals surface area contributed by atoms with Gasteiger partial charge in [-0.3, -0.25) is 4.90 Å². The summed E-state index contributed by atoms with van der Waals surface area (Å²) in [6.07, 6.45) is 6.30. The van der Waals surface area contributed by atoms with Crippen LogP contribution in [0.5, 0.6) is 0 Å². The first kappa shape index (κ1) is 16.1. The number of nitrogens with zero attached hydrogens (tertiary/aromatic N) is 3. The van der Waals surface area contributed by atoms with E-state index in [4.69, 9.17) is 4.74 Å². The lowest BCUT2D eigenvalue weighted by molar-refractivity contribution is 0.0562. The molecule has 3 rings (SSSR count). The maximum absolute atomic E-state index is 5.89. The van der Waals surface area contributed by atoms with Gasteiger partial charge in [0, 0.05) is 31.1 Å². The molecule has 1 aromatic heterocycles. The number of aryl methyl sites for hydroxylation is 1. The molecule has 2 aromatic rings. The van der Waals surface area contributed by atoms with E-state index >= 15 is 0 Å². The van der Waals surface area contributed by atoms with Gasteiger partial charge in [0.25, 0.3) is 0 Å². The largest absolute Gasteiger partial charge is 0.376 e. The second-order valence-corrected chi connectivity index (χ2v) is 6.36. The summed E-state index contributed by atoms with van der Waals surface area (Å²) in [4.78, 5) is 11.0. The quantitative estimate of drug-likeness (QED) is 0.821. The van der Waals surface area contributed by atoms with Crippen LogP contribution in [0.25, 0.3) is 0 Å². The Morgan fingerprint density at radius 2 is 1.74 bits per heavy atom. The maximum Gasteiger partial charge on any atom is 0.125 e. The van der Waals surface area contributed by atoms with Gasteiger partial charge in [0.2, 0.25) is 0 Å². The zero-order valence-corrected chi connectivity index (χ0v) is 13.8. The van der Waals surface area contributed by atoms with Crippen LogP contribution in [0.15, 0.2) is 42.7 Å². The number of rotatable bonds is 6. The molecular weight excluding hydrogens is 286 g/mol. The Kier molecular flexibility index (Phi) is 5.72. The van der Waals surface area contributed by atoms with Crippen molar-refractivity contribution in [2.24, 2.45) is 5.92 Å². The molecular formula is C19H25N3O. The molecule has 0 unspecified atom stereocenters. The van der Waals surface area contributed by atoms with Crippen LogP contribution >= 0.6 is 0 Å². The first-order valence-electron chi connectivity index (χ1n) is 8.41. The van der Waals surface area contributed by atoms with E-state index in [-0.39, 0.29) is 0 Å². The second kappa shape index (κ2) is 8.18. The van der Waals surface area contributed by atoms with Crippen molar-refractivity contribution < 1.29 is 4.74 Å². The van der Waals surface area contributed by atoms with E-state index in [0.717, 1.165) is 38.7 Å². The highest BCUT2D eigenvalue weighted by Gasteiger charge is 2.19. The van der Waals surface area contributed by atoms with Crippen molar-refractivity contribution in [3.05, 3.63) is 59.7 Å². The normalized spacial score (nSPS) is 16.6. The summed E-state index contributed by atoms with van der Waals surface area (Å²) < 4.78 is 5.89. The van der Waals surface area contributed by atoms with E-state index in [1.165, 1.54) is 24.0 Å². The molecule has 122 valence electrons. The van der Waals surface area contributed by atoms with Crippen molar-refractivity contribution in [3.63, 3.8) is 0 Å². The van der Waals surface area contributed by atoms with Gasteiger partial charge in [-0.25, -0.2) is 9.97 Å². The van der Waals surface area contributed by atoms with Crippen LogP contribution < -0.4 is 0 Å². The predicted octanol–water partition coefficient (Wildman–Crippen LogP) is 3.21. The lowest BCUT2D eigenvalue weighted by atomic mass is 9.97. The Balaban J connectivity index is 1.36. The topological polar surface area (TPSA) is 38.2 Å². The third-order valence-corrected chi connectivity index (χ3v) is 4.41. The summed E-state index contributed by atoms with van der Waals surface area (Å²) in [5.74, 6) is 1.52. The standard InChI is InChI=1S/C19H25N3O/c1-16-20-11-19(12-21-16)13-22-9-7-18(8-10-22)15-23-14-17-5-3-2-4-6-17/h2-6,11-12,18H,7-10,13-15H2,1H3. The SMILES string of the molecule is Cc1ncc(CN2CCC(COCc3ccccc3)CC2)cn1. The molecule has 4 heteroatoms. The highest BCUT2D eigenvalue weighted by Crippen LogP contribution is 2.19. The Labute approximate surface area is 138 Å². The molecule has 0 amide bonds. The number of piperidine rings is 1. The summed E-state index contributed by atoms with van der Waals surface area (Å²) in [6, 6.07) is 10.4. The third kappa shape index (κ3) is 5.12. The minimum Gasteiger partial charge on any atom is -0.376 e. The molecule has 0 radical (unpaired) electrons. The molecule has 1 aliphatic heterocycles. The summed E-state index contributed by atoms with van der Waals surface area (Å²) >= 11 is 0. The van der Waals surface area contributed by atoms with Crippen LogP contribution in [-0.2, 0) is 17.9 Å². The van der Waals surface area contributed by atoms with E-state index in [0.29, 0.717) is 5.92 Å². The Morgan fingerprint density at radius 3 is 2.43 bits per heavy atom. The summed E-state index contributed by atoms with van der Waals surface area (Å²) in [6.45, 7) is 6.74. The lowest BCUT2D eigenvalue weighted by Gasteiger charge is -2.31. The van der Waals surface area contributed by atoms with Crippen molar-refractivity contribution >= 4 is 0 Å². The number of benzene rings is 1. The summed E-state index contributed by atoms with van der Waals surface area (Å²) in [7, 11) is 0. The fraction of sp³-hybridized carbons (Fsp3) is 0.474. The van der Waals surface area contributed by atoms with Gasteiger partial charge < -0.3 is 4.74 Å². The molecule has 0 spiro atoms. The fourth-order valence-corrected chi connectivity index (χ4v) is 2.99. The first-order chi connectivity index (χ1) is 11.3. The second-order valence-electron chi connectivity index (χ2n) is 6.36. The number of hydrogen-bond acceptors (Lipinski definition) is 4. The lowest BCUT2D eigenvalue weighted by Crippen LogP contribution is -2.34. The Morgan fingerprint density at radius 1 is 1.04 bits per heavy atom. The minimum absolute atomic E-state index is 0.684. The van der Waals surface area contributed by atoms with E-state index in [2.05, 4.69) is 39.1 Å². The van der Waals surface area contributed by atoms with Crippen LogP contribution in [-0.4, -0.2) is 34.6 Å². The molecule has 1 aliphatic rings. The molecule has 0 N–H and O–H groups in total. The van der Waals surface area contributed by atoms with E-state index < -0.39 is 0 Å². The molecule has 23 heavy (non-hydrogen) atoms. The van der Waals surface area contributed by atoms with Crippen molar-refractivity contribution in [1.82, 2.24) is 14.9 Å².